The van der Waals surface area contributed by atoms with Crippen molar-refractivity contribution in [2.24, 2.45) is 18.9 Å². The lowest BCUT2D eigenvalue weighted by Gasteiger charge is -2.29. The van der Waals surface area contributed by atoms with Crippen molar-refractivity contribution in [3.05, 3.63) is 18.0 Å². The second-order valence-electron chi connectivity index (χ2n) is 7.62. The van der Waals surface area contributed by atoms with Gasteiger partial charge in [-0.15, -0.1) is 0 Å². The molecular weight excluding hydrogens is 290 g/mol. The number of likely N-dealkylation sites (tertiary alicyclic amines) is 1. The first-order valence-corrected chi connectivity index (χ1v) is 9.19. The molecule has 1 aliphatic carbocycles. The van der Waals surface area contributed by atoms with E-state index in [1.165, 1.54) is 31.2 Å². The first kappa shape index (κ1) is 15.6. The van der Waals surface area contributed by atoms with Crippen LogP contribution in [0.25, 0.3) is 0 Å². The average Bonchev–Trinajstić information content (AvgIpc) is 2.92. The molecule has 0 aromatic carbocycles. The maximum absolute atomic E-state index is 6.31. The highest BCUT2D eigenvalue weighted by molar-refractivity contribution is 5.09. The fourth-order valence-corrected chi connectivity index (χ4v) is 3.99. The molecule has 3 fully saturated rings. The summed E-state index contributed by atoms with van der Waals surface area (Å²) in [6.45, 7) is 5.16. The molecule has 5 nitrogen and oxygen atoms in total. The van der Waals surface area contributed by atoms with Crippen LogP contribution in [0.2, 0.25) is 0 Å². The summed E-state index contributed by atoms with van der Waals surface area (Å²) in [7, 11) is 1.99. The van der Waals surface area contributed by atoms with E-state index in [9.17, 15) is 0 Å². The minimum Gasteiger partial charge on any atom is -0.381 e. The third kappa shape index (κ3) is 3.95. The van der Waals surface area contributed by atoms with Gasteiger partial charge in [-0.3, -0.25) is 9.58 Å². The van der Waals surface area contributed by atoms with Crippen molar-refractivity contribution in [1.82, 2.24) is 14.7 Å². The molecule has 0 N–H and O–H groups in total. The number of hydrogen-bond acceptors (Lipinski definition) is 4. The topological polar surface area (TPSA) is 39.5 Å². The third-order valence-electron chi connectivity index (χ3n) is 5.56. The van der Waals surface area contributed by atoms with Crippen molar-refractivity contribution < 1.29 is 9.47 Å². The maximum Gasteiger partial charge on any atom is 0.0745 e. The van der Waals surface area contributed by atoms with Gasteiger partial charge < -0.3 is 9.47 Å². The highest BCUT2D eigenvalue weighted by Crippen LogP contribution is 2.32. The summed E-state index contributed by atoms with van der Waals surface area (Å²) in [6, 6.07) is 0.499. The van der Waals surface area contributed by atoms with Gasteiger partial charge in [-0.05, 0) is 49.5 Å². The van der Waals surface area contributed by atoms with E-state index in [1.54, 1.807) is 0 Å². The lowest BCUT2D eigenvalue weighted by molar-refractivity contribution is 0.0182. The second kappa shape index (κ2) is 6.91. The molecule has 0 radical (unpaired) electrons. The molecule has 0 amide bonds. The Morgan fingerprint density at radius 1 is 1.26 bits per heavy atom. The zero-order valence-electron chi connectivity index (χ0n) is 14.2. The quantitative estimate of drug-likeness (QED) is 0.769. The van der Waals surface area contributed by atoms with E-state index in [2.05, 4.69) is 16.2 Å². The van der Waals surface area contributed by atoms with E-state index in [0.717, 1.165) is 45.2 Å². The molecule has 128 valence electrons. The minimum atomic E-state index is 0.387. The molecule has 0 unspecified atom stereocenters. The van der Waals surface area contributed by atoms with Gasteiger partial charge in [0.15, 0.2) is 0 Å². The highest BCUT2D eigenvalue weighted by Gasteiger charge is 2.37. The van der Waals surface area contributed by atoms with Gasteiger partial charge >= 0.3 is 0 Å². The molecular formula is C18H29N3O2. The van der Waals surface area contributed by atoms with Gasteiger partial charge in [0.2, 0.25) is 0 Å². The molecule has 2 aliphatic heterocycles. The Morgan fingerprint density at radius 2 is 2.17 bits per heavy atom. The van der Waals surface area contributed by atoms with E-state index >= 15 is 0 Å². The lowest BCUT2D eigenvalue weighted by Crippen LogP contribution is -2.41. The van der Waals surface area contributed by atoms with E-state index in [0.29, 0.717) is 18.1 Å². The fraction of sp³-hybridized carbons (Fsp3) is 0.833. The number of hydrogen-bond donors (Lipinski definition) is 0. The fourth-order valence-electron chi connectivity index (χ4n) is 3.99. The van der Waals surface area contributed by atoms with Gasteiger partial charge in [-0.25, -0.2) is 0 Å². The molecule has 2 saturated heterocycles. The normalized spacial score (nSPS) is 32.0. The first-order chi connectivity index (χ1) is 11.3. The molecule has 1 saturated carbocycles. The van der Waals surface area contributed by atoms with Crippen molar-refractivity contribution >= 4 is 0 Å². The summed E-state index contributed by atoms with van der Waals surface area (Å²) in [5.74, 6) is 1.54. The van der Waals surface area contributed by atoms with Crippen LogP contribution in [0.15, 0.2) is 12.4 Å². The van der Waals surface area contributed by atoms with E-state index in [1.807, 2.05) is 17.9 Å². The number of nitrogens with zero attached hydrogens (tertiary/aromatic N) is 3. The van der Waals surface area contributed by atoms with Gasteiger partial charge in [0.25, 0.3) is 0 Å². The monoisotopic (exact) mass is 319 g/mol. The second-order valence-corrected chi connectivity index (χ2v) is 7.62. The zero-order chi connectivity index (χ0) is 15.6. The minimum absolute atomic E-state index is 0.387. The summed E-state index contributed by atoms with van der Waals surface area (Å²) in [6.07, 6.45) is 10.7. The Morgan fingerprint density at radius 3 is 2.87 bits per heavy atom. The Bertz CT molecular complexity index is 508. The van der Waals surface area contributed by atoms with Crippen LogP contribution >= 0.6 is 0 Å². The number of aromatic nitrogens is 2. The van der Waals surface area contributed by atoms with Crippen LogP contribution < -0.4 is 0 Å². The first-order valence-electron chi connectivity index (χ1n) is 9.19. The van der Waals surface area contributed by atoms with Crippen LogP contribution in [-0.4, -0.2) is 59.7 Å². The standard InChI is InChI=1S/C18H29N3O2/c1-20-10-16(9-19-20)8-17-18(23-13-14-2-3-14)4-6-21(17)11-15-5-7-22-12-15/h9-10,14-15,17-18H,2-8,11-13H2,1H3/t15-,17-,18-/m0/s1. The van der Waals surface area contributed by atoms with Crippen LogP contribution in [0.1, 0.15) is 31.2 Å². The predicted octanol–water partition coefficient (Wildman–Crippen LogP) is 1.87. The van der Waals surface area contributed by atoms with E-state index < -0.39 is 0 Å². The van der Waals surface area contributed by atoms with Crippen molar-refractivity contribution in [2.75, 3.05) is 32.9 Å². The number of rotatable bonds is 7. The van der Waals surface area contributed by atoms with Gasteiger partial charge in [0.1, 0.15) is 0 Å². The molecule has 3 aliphatic rings. The molecule has 5 heteroatoms. The summed E-state index contributed by atoms with van der Waals surface area (Å²) in [5, 5.41) is 4.33. The van der Waals surface area contributed by atoms with Crippen molar-refractivity contribution in [1.29, 1.82) is 0 Å². The number of ether oxygens (including phenoxy) is 2. The third-order valence-corrected chi connectivity index (χ3v) is 5.56. The average molecular weight is 319 g/mol. The van der Waals surface area contributed by atoms with Gasteiger partial charge in [0, 0.05) is 45.6 Å². The van der Waals surface area contributed by atoms with Gasteiger partial charge in [-0.2, -0.15) is 5.10 Å². The molecule has 4 rings (SSSR count). The Balaban J connectivity index is 1.40. The highest BCUT2D eigenvalue weighted by atomic mass is 16.5. The Hall–Kier alpha value is -0.910. The molecule has 1 aromatic rings. The van der Waals surface area contributed by atoms with Crippen LogP contribution in [0.4, 0.5) is 0 Å². The predicted molar refractivity (Wildman–Crippen MR) is 88.3 cm³/mol. The van der Waals surface area contributed by atoms with Crippen LogP contribution in [0.5, 0.6) is 0 Å². The van der Waals surface area contributed by atoms with Crippen LogP contribution in [0, 0.1) is 11.8 Å². The molecule has 1 aromatic heterocycles. The summed E-state index contributed by atoms with van der Waals surface area (Å²) in [4.78, 5) is 2.66. The molecule has 0 spiro atoms. The molecule has 3 heterocycles. The molecule has 3 atom stereocenters. The van der Waals surface area contributed by atoms with Gasteiger partial charge in [-0.1, -0.05) is 0 Å². The number of aryl methyl sites for hydroxylation is 1. The largest absolute Gasteiger partial charge is 0.381 e. The van der Waals surface area contributed by atoms with Crippen LogP contribution in [0.3, 0.4) is 0 Å². The molecule has 23 heavy (non-hydrogen) atoms. The maximum atomic E-state index is 6.31. The lowest BCUT2D eigenvalue weighted by atomic mass is 10.0. The Labute approximate surface area is 138 Å². The Kier molecular flexibility index (Phi) is 4.69. The SMILES string of the molecule is Cn1cc(C[C@H]2[C@@H](OCC3CC3)CCN2C[C@@H]2CCOC2)cn1. The van der Waals surface area contributed by atoms with Crippen molar-refractivity contribution in [2.45, 2.75) is 44.2 Å². The van der Waals surface area contributed by atoms with Gasteiger partial charge in [0.05, 0.1) is 18.9 Å². The molecule has 0 bridgehead atoms. The van der Waals surface area contributed by atoms with Crippen LogP contribution in [-0.2, 0) is 22.9 Å². The smallest absolute Gasteiger partial charge is 0.0745 e. The van der Waals surface area contributed by atoms with Crippen molar-refractivity contribution in [3.63, 3.8) is 0 Å². The summed E-state index contributed by atoms with van der Waals surface area (Å²) >= 11 is 0. The zero-order valence-corrected chi connectivity index (χ0v) is 14.2. The summed E-state index contributed by atoms with van der Waals surface area (Å²) in [5.41, 5.74) is 1.33. The van der Waals surface area contributed by atoms with E-state index in [4.69, 9.17) is 9.47 Å². The van der Waals surface area contributed by atoms with Crippen molar-refractivity contribution in [3.8, 4) is 0 Å². The summed E-state index contributed by atoms with van der Waals surface area (Å²) < 4.78 is 13.8. The van der Waals surface area contributed by atoms with E-state index in [-0.39, 0.29) is 0 Å².